The zero-order chi connectivity index (χ0) is 17.3. The van der Waals surface area contributed by atoms with Crippen molar-refractivity contribution in [2.75, 3.05) is 6.61 Å². The second-order valence-corrected chi connectivity index (χ2v) is 6.95. The topological polar surface area (TPSA) is 65.6 Å². The highest BCUT2D eigenvalue weighted by atomic mass is 35.5. The first-order valence-corrected chi connectivity index (χ1v) is 9.10. The third-order valence-electron chi connectivity index (χ3n) is 3.64. The fourth-order valence-corrected chi connectivity index (χ4v) is 3.90. The minimum atomic E-state index is -0.532. The molecule has 128 valence electrons. The van der Waals surface area contributed by atoms with Crippen molar-refractivity contribution >= 4 is 46.2 Å². The Labute approximate surface area is 151 Å². The number of rotatable bonds is 3. The van der Waals surface area contributed by atoms with Gasteiger partial charge in [-0.3, -0.25) is 9.48 Å². The van der Waals surface area contributed by atoms with Crippen LogP contribution in [0.3, 0.4) is 0 Å². The third-order valence-corrected chi connectivity index (χ3v) is 5.12. The van der Waals surface area contributed by atoms with Gasteiger partial charge in [0.1, 0.15) is 0 Å². The first-order valence-electron chi connectivity index (χ1n) is 7.53. The molecule has 1 aliphatic rings. The molecule has 0 N–H and O–H groups in total. The van der Waals surface area contributed by atoms with E-state index in [9.17, 15) is 9.59 Å². The van der Waals surface area contributed by atoms with E-state index in [2.05, 4.69) is 4.99 Å². The molecule has 1 aromatic heterocycles. The molecule has 9 heteroatoms. The summed E-state index contributed by atoms with van der Waals surface area (Å²) in [6.45, 7) is 3.38. The number of ether oxygens (including phenoxy) is 1. The van der Waals surface area contributed by atoms with Gasteiger partial charge in [0, 0.05) is 13.1 Å². The summed E-state index contributed by atoms with van der Waals surface area (Å²) in [6, 6.07) is 2.96. The lowest BCUT2D eigenvalue weighted by Crippen LogP contribution is -2.31. The zero-order valence-electron chi connectivity index (χ0n) is 12.9. The number of halogens is 2. The van der Waals surface area contributed by atoms with Crippen molar-refractivity contribution in [2.24, 2.45) is 4.99 Å². The van der Waals surface area contributed by atoms with Crippen molar-refractivity contribution in [1.29, 1.82) is 0 Å². The lowest BCUT2D eigenvalue weighted by atomic mass is 10.2. The summed E-state index contributed by atoms with van der Waals surface area (Å²) in [7, 11) is 0. The maximum Gasteiger partial charge on any atom is 0.339 e. The molecule has 0 unspecified atom stereocenters. The molecule has 0 atom stereocenters. The molecule has 0 bridgehead atoms. The Hall–Kier alpha value is -1.57. The molecule has 3 rings (SSSR count). The van der Waals surface area contributed by atoms with Crippen molar-refractivity contribution in [1.82, 2.24) is 9.36 Å². The molecule has 1 aromatic carbocycles. The van der Waals surface area contributed by atoms with Crippen LogP contribution in [0.4, 0.5) is 5.69 Å². The predicted octanol–water partition coefficient (Wildman–Crippen LogP) is 3.22. The van der Waals surface area contributed by atoms with Crippen LogP contribution in [0.15, 0.2) is 21.9 Å². The van der Waals surface area contributed by atoms with Crippen LogP contribution in [-0.2, 0) is 17.8 Å². The summed E-state index contributed by atoms with van der Waals surface area (Å²) in [5, 5.41) is 0.515. The zero-order valence-corrected chi connectivity index (χ0v) is 15.2. The van der Waals surface area contributed by atoms with E-state index in [1.165, 1.54) is 12.1 Å². The van der Waals surface area contributed by atoms with Gasteiger partial charge in [0.05, 0.1) is 27.9 Å². The van der Waals surface area contributed by atoms with Crippen molar-refractivity contribution in [3.63, 3.8) is 0 Å². The van der Waals surface area contributed by atoms with E-state index in [-0.39, 0.29) is 22.1 Å². The summed E-state index contributed by atoms with van der Waals surface area (Å²) in [5.74, 6) is -0.532. The standard InChI is InChI=1S/C15H15Cl2N3O3S/c1-2-23-13(21)9-7-12(11(17)8-10(9)16)18-14-19-5-3-4-6-20(19)15(22)24-14/h7-8H,2-6H2,1H3/b18-14+. The number of hydrogen-bond donors (Lipinski definition) is 0. The van der Waals surface area contributed by atoms with Crippen LogP contribution in [0.2, 0.25) is 10.0 Å². The Morgan fingerprint density at radius 2 is 1.96 bits per heavy atom. The minimum absolute atomic E-state index is 0.0517. The first-order chi connectivity index (χ1) is 11.5. The van der Waals surface area contributed by atoms with Crippen LogP contribution in [0.5, 0.6) is 0 Å². The monoisotopic (exact) mass is 387 g/mol. The number of benzene rings is 1. The fourth-order valence-electron chi connectivity index (χ4n) is 2.51. The highest BCUT2D eigenvalue weighted by Crippen LogP contribution is 2.31. The SMILES string of the molecule is CCOC(=O)c1cc(/N=c2/sc(=O)n3n2CCCC3)c(Cl)cc1Cl. The summed E-state index contributed by atoms with van der Waals surface area (Å²) in [6.07, 6.45) is 1.97. The van der Waals surface area contributed by atoms with Gasteiger partial charge < -0.3 is 4.74 Å². The lowest BCUT2D eigenvalue weighted by molar-refractivity contribution is 0.0526. The van der Waals surface area contributed by atoms with Crippen LogP contribution < -0.4 is 9.67 Å². The molecule has 24 heavy (non-hydrogen) atoms. The van der Waals surface area contributed by atoms with Crippen molar-refractivity contribution in [3.8, 4) is 0 Å². The normalized spacial score (nSPS) is 14.5. The Kier molecular flexibility index (Phi) is 5.12. The Bertz CT molecular complexity index is 914. The van der Waals surface area contributed by atoms with Crippen LogP contribution in [0.1, 0.15) is 30.1 Å². The van der Waals surface area contributed by atoms with Gasteiger partial charge in [-0.1, -0.05) is 23.2 Å². The molecule has 2 heterocycles. The lowest BCUT2D eigenvalue weighted by Gasteiger charge is -2.15. The number of fused-ring (bicyclic) bond motifs is 1. The Balaban J connectivity index is 2.12. The van der Waals surface area contributed by atoms with Gasteiger partial charge in [0.25, 0.3) is 0 Å². The van der Waals surface area contributed by atoms with E-state index in [0.717, 1.165) is 30.7 Å². The first kappa shape index (κ1) is 17.3. The summed E-state index contributed by atoms with van der Waals surface area (Å²) in [4.78, 5) is 29.0. The Morgan fingerprint density at radius 1 is 1.25 bits per heavy atom. The molecule has 0 spiro atoms. The number of nitrogens with zero attached hydrogens (tertiary/aromatic N) is 3. The Morgan fingerprint density at radius 3 is 2.67 bits per heavy atom. The predicted molar refractivity (Wildman–Crippen MR) is 93.4 cm³/mol. The molecule has 0 saturated heterocycles. The molecule has 1 aliphatic heterocycles. The van der Waals surface area contributed by atoms with Crippen molar-refractivity contribution < 1.29 is 9.53 Å². The summed E-state index contributed by atoms with van der Waals surface area (Å²) in [5.41, 5.74) is 0.582. The van der Waals surface area contributed by atoms with Crippen LogP contribution >= 0.6 is 34.5 Å². The molecule has 0 amide bonds. The number of esters is 1. The van der Waals surface area contributed by atoms with Crippen LogP contribution in [0.25, 0.3) is 0 Å². The average molecular weight is 388 g/mol. The minimum Gasteiger partial charge on any atom is -0.462 e. The molecule has 0 fully saturated rings. The van der Waals surface area contributed by atoms with Crippen molar-refractivity contribution in [2.45, 2.75) is 32.9 Å². The van der Waals surface area contributed by atoms with E-state index in [1.807, 2.05) is 4.68 Å². The van der Waals surface area contributed by atoms with E-state index >= 15 is 0 Å². The highest BCUT2D eigenvalue weighted by Gasteiger charge is 2.17. The van der Waals surface area contributed by atoms with E-state index in [1.54, 1.807) is 11.6 Å². The number of hydrogen-bond acceptors (Lipinski definition) is 5. The van der Waals surface area contributed by atoms with Gasteiger partial charge in [0.2, 0.25) is 4.80 Å². The maximum atomic E-state index is 12.0. The second-order valence-electron chi connectivity index (χ2n) is 5.22. The third kappa shape index (κ3) is 3.29. The molecule has 0 aliphatic carbocycles. The van der Waals surface area contributed by atoms with E-state index in [4.69, 9.17) is 27.9 Å². The molecule has 2 aromatic rings. The quantitative estimate of drug-likeness (QED) is 0.759. The summed E-state index contributed by atoms with van der Waals surface area (Å²) >= 11 is 13.3. The van der Waals surface area contributed by atoms with Gasteiger partial charge in [-0.05, 0) is 43.2 Å². The average Bonchev–Trinajstić information content (AvgIpc) is 2.87. The molecule has 6 nitrogen and oxygen atoms in total. The largest absolute Gasteiger partial charge is 0.462 e. The van der Waals surface area contributed by atoms with Gasteiger partial charge in [-0.25, -0.2) is 14.5 Å². The molecular weight excluding hydrogens is 373 g/mol. The highest BCUT2D eigenvalue weighted by molar-refractivity contribution is 7.06. The number of aromatic nitrogens is 2. The molecular formula is C15H15Cl2N3O3S. The number of carbonyl (C=O) groups excluding carboxylic acids is 1. The van der Waals surface area contributed by atoms with Crippen LogP contribution in [0, 0.1) is 0 Å². The van der Waals surface area contributed by atoms with E-state index < -0.39 is 5.97 Å². The smallest absolute Gasteiger partial charge is 0.339 e. The number of carbonyl (C=O) groups is 1. The molecule has 0 saturated carbocycles. The van der Waals surface area contributed by atoms with Gasteiger partial charge in [0.15, 0.2) is 0 Å². The van der Waals surface area contributed by atoms with Crippen molar-refractivity contribution in [3.05, 3.63) is 42.2 Å². The van der Waals surface area contributed by atoms with Crippen LogP contribution in [-0.4, -0.2) is 21.9 Å². The van der Waals surface area contributed by atoms with E-state index in [0.29, 0.717) is 22.1 Å². The van der Waals surface area contributed by atoms with Gasteiger partial charge in [-0.2, -0.15) is 0 Å². The molecule has 0 radical (unpaired) electrons. The second kappa shape index (κ2) is 7.13. The maximum absolute atomic E-state index is 12.0. The fraction of sp³-hybridized carbons (Fsp3) is 0.400. The van der Waals surface area contributed by atoms with Gasteiger partial charge >= 0.3 is 10.8 Å². The summed E-state index contributed by atoms with van der Waals surface area (Å²) < 4.78 is 8.52. The van der Waals surface area contributed by atoms with Gasteiger partial charge in [-0.15, -0.1) is 0 Å².